The van der Waals surface area contributed by atoms with Crippen LogP contribution in [0.2, 0.25) is 0 Å². The third-order valence-electron chi connectivity index (χ3n) is 9.37. The molecule has 0 atom stereocenters. The molecule has 5 nitrogen and oxygen atoms in total. The summed E-state index contributed by atoms with van der Waals surface area (Å²) in [5.41, 5.74) is 10.0. The molecule has 0 amide bonds. The number of furan rings is 2. The van der Waals surface area contributed by atoms with Crippen molar-refractivity contribution in [2.24, 2.45) is 0 Å². The molecule has 0 unspecified atom stereocenters. The predicted octanol–water partition coefficient (Wildman–Crippen LogP) is 12.0. The smallest absolute Gasteiger partial charge is 0.164 e. The fraction of sp³-hybridized carbons (Fsp3) is 0. The summed E-state index contributed by atoms with van der Waals surface area (Å²) in [7, 11) is 0. The first kappa shape index (κ1) is 28.2. The van der Waals surface area contributed by atoms with Gasteiger partial charge in [-0.3, -0.25) is 0 Å². The van der Waals surface area contributed by atoms with E-state index < -0.39 is 0 Å². The highest BCUT2D eigenvalue weighted by Crippen LogP contribution is 2.43. The van der Waals surface area contributed by atoms with E-state index in [2.05, 4.69) is 66.7 Å². The number of aromatic nitrogens is 3. The van der Waals surface area contributed by atoms with Crippen molar-refractivity contribution in [3.63, 3.8) is 0 Å². The minimum atomic E-state index is 0.578. The maximum atomic E-state index is 6.60. The topological polar surface area (TPSA) is 65.0 Å². The van der Waals surface area contributed by atoms with Gasteiger partial charge < -0.3 is 8.83 Å². The van der Waals surface area contributed by atoms with Gasteiger partial charge in [0.05, 0.1) is 0 Å². The zero-order chi connectivity index (χ0) is 33.0. The summed E-state index contributed by atoms with van der Waals surface area (Å²) in [6.07, 6.45) is 0. The Morgan fingerprint density at radius 2 is 0.780 bits per heavy atom. The first-order valence-electron chi connectivity index (χ1n) is 16.6. The van der Waals surface area contributed by atoms with Gasteiger partial charge in [0.25, 0.3) is 0 Å². The Labute approximate surface area is 287 Å². The van der Waals surface area contributed by atoms with Crippen molar-refractivity contribution in [1.82, 2.24) is 15.0 Å². The summed E-state index contributed by atoms with van der Waals surface area (Å²) in [5, 5.41) is 4.31. The molecule has 3 heterocycles. The van der Waals surface area contributed by atoms with Gasteiger partial charge in [-0.2, -0.15) is 0 Å². The number of hydrogen-bond donors (Lipinski definition) is 0. The lowest BCUT2D eigenvalue weighted by Gasteiger charge is -2.14. The zero-order valence-corrected chi connectivity index (χ0v) is 26.7. The van der Waals surface area contributed by atoms with Gasteiger partial charge in [0.1, 0.15) is 22.3 Å². The van der Waals surface area contributed by atoms with Crippen molar-refractivity contribution in [2.45, 2.75) is 0 Å². The van der Waals surface area contributed by atoms with Crippen LogP contribution in [0.15, 0.2) is 173 Å². The summed E-state index contributed by atoms with van der Waals surface area (Å²) < 4.78 is 13.1. The molecule has 0 N–H and O–H groups in total. The molecule has 0 aliphatic heterocycles. The normalized spacial score (nSPS) is 11.6. The highest BCUT2D eigenvalue weighted by molar-refractivity contribution is 6.12. The lowest BCUT2D eigenvalue weighted by atomic mass is 9.92. The van der Waals surface area contributed by atoms with Crippen LogP contribution in [-0.4, -0.2) is 15.0 Å². The van der Waals surface area contributed by atoms with Gasteiger partial charge in [-0.15, -0.1) is 0 Å². The predicted molar refractivity (Wildman–Crippen MR) is 202 cm³/mol. The molecule has 0 saturated carbocycles. The molecule has 10 aromatic rings. The summed E-state index contributed by atoms with van der Waals surface area (Å²) in [6, 6.07) is 55.6. The Morgan fingerprint density at radius 3 is 1.38 bits per heavy atom. The SMILES string of the molecule is c1ccc(-c2nc(-c3ccccc3)nc(-c3ccc(-c4cccc5c4oc4ccccc45)cc3-c3cccc4c3oc3ccccc34)n2)cc1. The van der Waals surface area contributed by atoms with Gasteiger partial charge in [0.2, 0.25) is 0 Å². The number of para-hydroxylation sites is 4. The molecular formula is C45H27N3O2. The van der Waals surface area contributed by atoms with E-state index in [1.807, 2.05) is 97.1 Å². The Hall–Kier alpha value is -6.85. The van der Waals surface area contributed by atoms with Crippen LogP contribution in [0, 0.1) is 0 Å². The number of hydrogen-bond acceptors (Lipinski definition) is 5. The summed E-state index contributed by atoms with van der Waals surface area (Å²) in [6.45, 7) is 0. The Bertz CT molecular complexity index is 2810. The number of benzene rings is 7. The lowest BCUT2D eigenvalue weighted by Crippen LogP contribution is -2.01. The molecule has 0 fully saturated rings. The molecule has 7 aromatic carbocycles. The lowest BCUT2D eigenvalue weighted by molar-refractivity contribution is 0.670. The molecule has 0 spiro atoms. The monoisotopic (exact) mass is 641 g/mol. The third kappa shape index (κ3) is 4.60. The maximum Gasteiger partial charge on any atom is 0.164 e. The minimum absolute atomic E-state index is 0.578. The molecule has 0 radical (unpaired) electrons. The molecule has 3 aromatic heterocycles. The van der Waals surface area contributed by atoms with Gasteiger partial charge in [0, 0.05) is 49.4 Å². The largest absolute Gasteiger partial charge is 0.455 e. The quantitative estimate of drug-likeness (QED) is 0.187. The first-order valence-corrected chi connectivity index (χ1v) is 16.6. The standard InChI is InChI=1S/C45H27N3O2/c1-3-13-28(14-4-1)43-46-44(29-15-5-2-6-16-29)48-45(47-43)37-26-25-30(31-19-11-20-34-32-17-7-9-23-39(32)49-41(31)34)27-38(37)36-22-12-21-35-33-18-8-10-24-40(33)50-42(35)36/h1-27H. The highest BCUT2D eigenvalue weighted by Gasteiger charge is 2.21. The van der Waals surface area contributed by atoms with Gasteiger partial charge >= 0.3 is 0 Å². The van der Waals surface area contributed by atoms with Crippen LogP contribution in [0.1, 0.15) is 0 Å². The Morgan fingerprint density at radius 1 is 0.300 bits per heavy atom. The van der Waals surface area contributed by atoms with E-state index in [-0.39, 0.29) is 0 Å². The first-order chi connectivity index (χ1) is 24.8. The summed E-state index contributed by atoms with van der Waals surface area (Å²) in [4.78, 5) is 15.2. The average molecular weight is 642 g/mol. The van der Waals surface area contributed by atoms with Crippen LogP contribution in [0.5, 0.6) is 0 Å². The molecule has 10 rings (SSSR count). The fourth-order valence-corrected chi connectivity index (χ4v) is 6.99. The third-order valence-corrected chi connectivity index (χ3v) is 9.37. The van der Waals surface area contributed by atoms with E-state index in [4.69, 9.17) is 23.8 Å². The van der Waals surface area contributed by atoms with Gasteiger partial charge in [-0.05, 0) is 35.4 Å². The van der Waals surface area contributed by atoms with Gasteiger partial charge in [0.15, 0.2) is 17.5 Å². The number of fused-ring (bicyclic) bond motifs is 6. The number of nitrogens with zero attached hydrogens (tertiary/aromatic N) is 3. The maximum absolute atomic E-state index is 6.60. The molecule has 0 aliphatic carbocycles. The van der Waals surface area contributed by atoms with E-state index in [1.54, 1.807) is 0 Å². The van der Waals surface area contributed by atoms with Gasteiger partial charge in [-0.1, -0.05) is 140 Å². The summed E-state index contributed by atoms with van der Waals surface area (Å²) >= 11 is 0. The van der Waals surface area contributed by atoms with E-state index in [9.17, 15) is 0 Å². The van der Waals surface area contributed by atoms with Crippen LogP contribution < -0.4 is 0 Å². The van der Waals surface area contributed by atoms with E-state index in [0.29, 0.717) is 17.5 Å². The summed E-state index contributed by atoms with van der Waals surface area (Å²) in [5.74, 6) is 1.80. The molecule has 50 heavy (non-hydrogen) atoms. The fourth-order valence-electron chi connectivity index (χ4n) is 6.99. The second-order valence-corrected chi connectivity index (χ2v) is 12.4. The molecule has 5 heteroatoms. The van der Waals surface area contributed by atoms with Crippen molar-refractivity contribution < 1.29 is 8.83 Å². The zero-order valence-electron chi connectivity index (χ0n) is 26.7. The van der Waals surface area contributed by atoms with Crippen LogP contribution in [0.25, 0.3) is 100 Å². The Kier molecular flexibility index (Phi) is 6.42. The van der Waals surface area contributed by atoms with Crippen molar-refractivity contribution >= 4 is 43.9 Å². The van der Waals surface area contributed by atoms with Crippen LogP contribution >= 0.6 is 0 Å². The minimum Gasteiger partial charge on any atom is -0.455 e. The second-order valence-electron chi connectivity index (χ2n) is 12.4. The molecule has 234 valence electrons. The van der Waals surface area contributed by atoms with Crippen LogP contribution in [0.3, 0.4) is 0 Å². The van der Waals surface area contributed by atoms with E-state index >= 15 is 0 Å². The van der Waals surface area contributed by atoms with E-state index in [0.717, 1.165) is 82.8 Å². The molecule has 0 bridgehead atoms. The molecular weight excluding hydrogens is 615 g/mol. The van der Waals surface area contributed by atoms with Crippen molar-refractivity contribution in [2.75, 3.05) is 0 Å². The van der Waals surface area contributed by atoms with E-state index in [1.165, 1.54) is 0 Å². The molecule has 0 aliphatic rings. The van der Waals surface area contributed by atoms with Crippen LogP contribution in [-0.2, 0) is 0 Å². The van der Waals surface area contributed by atoms with Crippen LogP contribution in [0.4, 0.5) is 0 Å². The second kappa shape index (κ2) is 11.4. The number of rotatable bonds is 5. The van der Waals surface area contributed by atoms with Crippen molar-refractivity contribution in [1.29, 1.82) is 0 Å². The Balaban J connectivity index is 1.26. The van der Waals surface area contributed by atoms with Crippen molar-refractivity contribution in [3.8, 4) is 56.4 Å². The molecule has 0 saturated heterocycles. The van der Waals surface area contributed by atoms with Crippen molar-refractivity contribution in [3.05, 3.63) is 164 Å². The highest BCUT2D eigenvalue weighted by atomic mass is 16.3. The van der Waals surface area contributed by atoms with Gasteiger partial charge in [-0.25, -0.2) is 15.0 Å². The average Bonchev–Trinajstić information content (AvgIpc) is 3.77.